The fourth-order valence-electron chi connectivity index (χ4n) is 1.54. The van der Waals surface area contributed by atoms with Crippen molar-refractivity contribution in [3.8, 4) is 11.4 Å². The molecule has 2 rings (SSSR count). The summed E-state index contributed by atoms with van der Waals surface area (Å²) in [6.45, 7) is 2.10. The molecule has 1 atom stereocenters. The lowest BCUT2D eigenvalue weighted by molar-refractivity contribution is 0.414. The van der Waals surface area contributed by atoms with Gasteiger partial charge in [-0.05, 0) is 34.5 Å². The average molecular weight is 375 g/mol. The van der Waals surface area contributed by atoms with Crippen LogP contribution in [0.4, 0.5) is 0 Å². The molecule has 1 aromatic heterocycles. The summed E-state index contributed by atoms with van der Waals surface area (Å²) in [6, 6.07) is 5.74. The monoisotopic (exact) mass is 373 g/mol. The summed E-state index contributed by atoms with van der Waals surface area (Å²) in [4.78, 5) is 0.232. The number of hydrogen-bond donors (Lipinski definition) is 0. The Morgan fingerprint density at radius 1 is 1.44 bits per heavy atom. The van der Waals surface area contributed by atoms with Crippen molar-refractivity contribution in [2.24, 2.45) is 0 Å². The second-order valence-electron chi connectivity index (χ2n) is 3.78. The van der Waals surface area contributed by atoms with Gasteiger partial charge in [-0.1, -0.05) is 28.1 Å². The van der Waals surface area contributed by atoms with Crippen molar-refractivity contribution in [1.29, 1.82) is 0 Å². The Balaban J connectivity index is 2.39. The minimum atomic E-state index is 0.232. The van der Waals surface area contributed by atoms with Gasteiger partial charge in [-0.15, -0.1) is 5.10 Å². The molecule has 6 heteroatoms. The molecule has 0 amide bonds. The van der Waals surface area contributed by atoms with Gasteiger partial charge in [-0.25, -0.2) is 4.68 Å². The van der Waals surface area contributed by atoms with Gasteiger partial charge in [-0.3, -0.25) is 0 Å². The summed E-state index contributed by atoms with van der Waals surface area (Å²) in [5.74, 6) is 0.788. The van der Waals surface area contributed by atoms with Crippen molar-refractivity contribution in [3.05, 3.63) is 34.6 Å². The van der Waals surface area contributed by atoms with Crippen LogP contribution in [-0.4, -0.2) is 22.1 Å². The number of nitrogens with zero attached hydrogens (tertiary/aromatic N) is 3. The van der Waals surface area contributed by atoms with E-state index in [1.165, 1.54) is 0 Å². The molecule has 0 saturated carbocycles. The molecule has 1 unspecified atom stereocenters. The smallest absolute Gasteiger partial charge is 0.121 e. The zero-order valence-electron chi connectivity index (χ0n) is 10.1. The molecule has 1 aromatic carbocycles. The van der Waals surface area contributed by atoms with Gasteiger partial charge < -0.3 is 4.74 Å². The van der Waals surface area contributed by atoms with Crippen LogP contribution >= 0.6 is 31.9 Å². The predicted molar refractivity (Wildman–Crippen MR) is 77.6 cm³/mol. The third-order valence-electron chi connectivity index (χ3n) is 2.59. The predicted octanol–water partition coefficient (Wildman–Crippen LogP) is 3.88. The molecule has 0 aliphatic rings. The lowest BCUT2D eigenvalue weighted by Gasteiger charge is -2.06. The molecule has 96 valence electrons. The van der Waals surface area contributed by atoms with Crippen LogP contribution in [0.5, 0.6) is 5.75 Å². The lowest BCUT2D eigenvalue weighted by Crippen LogP contribution is -1.97. The maximum absolute atomic E-state index is 5.22. The molecular formula is C12H13Br2N3O. The van der Waals surface area contributed by atoms with Gasteiger partial charge in [-0.2, -0.15) is 0 Å². The van der Waals surface area contributed by atoms with E-state index in [1.807, 2.05) is 24.4 Å². The number of hydrogen-bond acceptors (Lipinski definition) is 3. The quantitative estimate of drug-likeness (QED) is 0.762. The van der Waals surface area contributed by atoms with E-state index in [1.54, 1.807) is 11.8 Å². The standard InChI is InChI=1S/C12H13Br2N3O/c1-3-9(13)11-7-17(16-15-11)12-6-8(18-2)4-5-10(12)14/h4-7,9H,3H2,1-2H3. The van der Waals surface area contributed by atoms with Gasteiger partial charge in [0.15, 0.2) is 0 Å². The molecule has 0 bridgehead atoms. The van der Waals surface area contributed by atoms with Crippen molar-refractivity contribution in [2.75, 3.05) is 7.11 Å². The van der Waals surface area contributed by atoms with E-state index >= 15 is 0 Å². The first-order valence-corrected chi connectivity index (χ1v) is 7.26. The molecular weight excluding hydrogens is 362 g/mol. The summed E-state index contributed by atoms with van der Waals surface area (Å²) in [5, 5.41) is 8.31. The maximum atomic E-state index is 5.22. The molecule has 0 saturated heterocycles. The van der Waals surface area contributed by atoms with Crippen LogP contribution in [0.3, 0.4) is 0 Å². The lowest BCUT2D eigenvalue weighted by atomic mass is 10.2. The number of methoxy groups -OCH3 is 1. The first-order chi connectivity index (χ1) is 8.65. The average Bonchev–Trinajstić information content (AvgIpc) is 2.88. The van der Waals surface area contributed by atoms with Crippen molar-refractivity contribution in [2.45, 2.75) is 18.2 Å². The third kappa shape index (κ3) is 2.75. The Kier molecular flexibility index (Phi) is 4.40. The normalized spacial score (nSPS) is 12.4. The van der Waals surface area contributed by atoms with Gasteiger partial charge in [0.2, 0.25) is 0 Å². The zero-order valence-corrected chi connectivity index (χ0v) is 13.3. The summed E-state index contributed by atoms with van der Waals surface area (Å²) >= 11 is 7.07. The molecule has 0 spiro atoms. The van der Waals surface area contributed by atoms with E-state index < -0.39 is 0 Å². The number of benzene rings is 1. The highest BCUT2D eigenvalue weighted by Crippen LogP contribution is 2.28. The largest absolute Gasteiger partial charge is 0.497 e. The first kappa shape index (κ1) is 13.5. The van der Waals surface area contributed by atoms with E-state index in [0.29, 0.717) is 0 Å². The van der Waals surface area contributed by atoms with Gasteiger partial charge in [0, 0.05) is 10.5 Å². The summed E-state index contributed by atoms with van der Waals surface area (Å²) in [5.41, 5.74) is 1.83. The number of rotatable bonds is 4. The first-order valence-electron chi connectivity index (χ1n) is 5.56. The number of alkyl halides is 1. The highest BCUT2D eigenvalue weighted by atomic mass is 79.9. The van der Waals surface area contributed by atoms with Crippen molar-refractivity contribution in [1.82, 2.24) is 15.0 Å². The van der Waals surface area contributed by atoms with Crippen LogP contribution in [-0.2, 0) is 0 Å². The minimum Gasteiger partial charge on any atom is -0.497 e. The highest BCUT2D eigenvalue weighted by Gasteiger charge is 2.12. The van der Waals surface area contributed by atoms with Gasteiger partial charge in [0.25, 0.3) is 0 Å². The van der Waals surface area contributed by atoms with E-state index in [9.17, 15) is 0 Å². The van der Waals surface area contributed by atoms with Gasteiger partial charge in [0.1, 0.15) is 5.75 Å². The summed E-state index contributed by atoms with van der Waals surface area (Å²) < 4.78 is 7.90. The molecule has 18 heavy (non-hydrogen) atoms. The highest BCUT2D eigenvalue weighted by molar-refractivity contribution is 9.10. The second-order valence-corrected chi connectivity index (χ2v) is 5.74. The van der Waals surface area contributed by atoms with E-state index in [-0.39, 0.29) is 4.83 Å². The molecule has 0 radical (unpaired) electrons. The molecule has 0 aliphatic heterocycles. The van der Waals surface area contributed by atoms with Crippen LogP contribution in [0.15, 0.2) is 28.9 Å². The third-order valence-corrected chi connectivity index (χ3v) is 4.38. The van der Waals surface area contributed by atoms with Crippen molar-refractivity contribution >= 4 is 31.9 Å². The van der Waals surface area contributed by atoms with Crippen LogP contribution < -0.4 is 4.74 Å². The van der Waals surface area contributed by atoms with E-state index in [2.05, 4.69) is 49.1 Å². The van der Waals surface area contributed by atoms with E-state index in [0.717, 1.165) is 28.0 Å². The van der Waals surface area contributed by atoms with E-state index in [4.69, 9.17) is 4.74 Å². The fraction of sp³-hybridized carbons (Fsp3) is 0.333. The Hall–Kier alpha value is -0.880. The Labute approximate surface area is 123 Å². The maximum Gasteiger partial charge on any atom is 0.121 e. The number of halogens is 2. The molecule has 0 fully saturated rings. The number of aromatic nitrogens is 3. The topological polar surface area (TPSA) is 39.9 Å². The Bertz CT molecular complexity index is 542. The Morgan fingerprint density at radius 2 is 2.22 bits per heavy atom. The van der Waals surface area contributed by atoms with Crippen LogP contribution in [0.1, 0.15) is 23.9 Å². The summed E-state index contributed by atoms with van der Waals surface area (Å²) in [6.07, 6.45) is 2.89. The number of ether oxygens (including phenoxy) is 1. The zero-order chi connectivity index (χ0) is 13.1. The van der Waals surface area contributed by atoms with Crippen molar-refractivity contribution in [3.63, 3.8) is 0 Å². The SMILES string of the molecule is CCC(Br)c1cn(-c2cc(OC)ccc2Br)nn1. The van der Waals surface area contributed by atoms with Crippen LogP contribution in [0, 0.1) is 0 Å². The molecule has 2 aromatic rings. The minimum absolute atomic E-state index is 0.232. The Morgan fingerprint density at radius 3 is 2.89 bits per heavy atom. The van der Waals surface area contributed by atoms with Crippen molar-refractivity contribution < 1.29 is 4.74 Å². The molecule has 1 heterocycles. The molecule has 4 nitrogen and oxygen atoms in total. The molecule has 0 N–H and O–H groups in total. The van der Waals surface area contributed by atoms with Crippen LogP contribution in [0.25, 0.3) is 5.69 Å². The fourth-order valence-corrected chi connectivity index (χ4v) is 2.18. The van der Waals surface area contributed by atoms with Crippen LogP contribution in [0.2, 0.25) is 0 Å². The van der Waals surface area contributed by atoms with Gasteiger partial charge in [0.05, 0.1) is 29.5 Å². The molecule has 0 aliphatic carbocycles. The second kappa shape index (κ2) is 5.84. The van der Waals surface area contributed by atoms with Gasteiger partial charge >= 0.3 is 0 Å². The summed E-state index contributed by atoms with van der Waals surface area (Å²) in [7, 11) is 1.64.